The predicted molar refractivity (Wildman–Crippen MR) is 72.5 cm³/mol. The maximum absolute atomic E-state index is 11.8. The fourth-order valence-corrected chi connectivity index (χ4v) is 1.83. The number of carbonyl (C=O) groups is 1. The molecule has 0 aliphatic rings. The lowest BCUT2D eigenvalue weighted by molar-refractivity contribution is -0.124. The zero-order valence-corrected chi connectivity index (χ0v) is 11.4. The molecule has 0 aliphatic carbocycles. The Kier molecular flexibility index (Phi) is 6.12. The molecule has 0 fully saturated rings. The van der Waals surface area contributed by atoms with Gasteiger partial charge in [0.15, 0.2) is 0 Å². The minimum Gasteiger partial charge on any atom is -0.380 e. The molecule has 2 atom stereocenters. The van der Waals surface area contributed by atoms with Gasteiger partial charge in [-0.15, -0.1) is 0 Å². The van der Waals surface area contributed by atoms with Crippen molar-refractivity contribution in [3.63, 3.8) is 0 Å². The van der Waals surface area contributed by atoms with Gasteiger partial charge in [0.25, 0.3) is 0 Å². The van der Waals surface area contributed by atoms with Crippen LogP contribution in [0, 0.1) is 0 Å². The lowest BCUT2D eigenvalue weighted by Gasteiger charge is -2.17. The number of rotatable bonds is 6. The average Bonchev–Trinajstić information content (AvgIpc) is 2.35. The van der Waals surface area contributed by atoms with Gasteiger partial charge in [0.05, 0.1) is 18.6 Å². The maximum atomic E-state index is 11.8. The van der Waals surface area contributed by atoms with E-state index in [0.717, 1.165) is 5.56 Å². The van der Waals surface area contributed by atoms with Gasteiger partial charge in [-0.05, 0) is 24.6 Å². The minimum absolute atomic E-state index is 0.0835. The van der Waals surface area contributed by atoms with Crippen molar-refractivity contribution >= 4 is 17.5 Å². The normalized spacial score (nSPS) is 14.0. The number of ether oxygens (including phenoxy) is 1. The van der Waals surface area contributed by atoms with Gasteiger partial charge in [-0.25, -0.2) is 0 Å². The smallest absolute Gasteiger partial charge is 0.223 e. The number of benzene rings is 1. The van der Waals surface area contributed by atoms with Crippen LogP contribution in [0.2, 0.25) is 5.02 Å². The number of carbonyl (C=O) groups excluding carboxylic acids is 1. The summed E-state index contributed by atoms with van der Waals surface area (Å²) in [4.78, 5) is 11.8. The summed E-state index contributed by atoms with van der Waals surface area (Å²) in [6, 6.07) is 7.33. The van der Waals surface area contributed by atoms with E-state index in [9.17, 15) is 4.79 Å². The van der Waals surface area contributed by atoms with Crippen LogP contribution in [0.1, 0.15) is 24.9 Å². The summed E-state index contributed by atoms with van der Waals surface area (Å²) in [5.41, 5.74) is 6.44. The lowest BCUT2D eigenvalue weighted by atomic mass is 10.1. The molecule has 3 N–H and O–H groups in total. The van der Waals surface area contributed by atoms with E-state index in [1.807, 2.05) is 25.1 Å². The summed E-state index contributed by atoms with van der Waals surface area (Å²) in [6.45, 7) is 2.24. The number of methoxy groups -OCH3 is 1. The van der Waals surface area contributed by atoms with Gasteiger partial charge in [-0.2, -0.15) is 0 Å². The molecule has 4 nitrogen and oxygen atoms in total. The largest absolute Gasteiger partial charge is 0.380 e. The van der Waals surface area contributed by atoms with Crippen molar-refractivity contribution < 1.29 is 9.53 Å². The number of hydrogen-bond acceptors (Lipinski definition) is 3. The monoisotopic (exact) mass is 270 g/mol. The average molecular weight is 271 g/mol. The molecule has 100 valence electrons. The molecule has 2 unspecified atom stereocenters. The lowest BCUT2D eigenvalue weighted by Crippen LogP contribution is -2.33. The molecule has 0 radical (unpaired) electrons. The van der Waals surface area contributed by atoms with Gasteiger partial charge < -0.3 is 15.8 Å². The molecule has 1 amide bonds. The topological polar surface area (TPSA) is 64.3 Å². The molecule has 0 heterocycles. The van der Waals surface area contributed by atoms with E-state index in [-0.39, 0.29) is 24.5 Å². The summed E-state index contributed by atoms with van der Waals surface area (Å²) in [5.74, 6) is -0.0835. The number of amides is 1. The maximum Gasteiger partial charge on any atom is 0.223 e. The van der Waals surface area contributed by atoms with E-state index in [2.05, 4.69) is 5.32 Å². The van der Waals surface area contributed by atoms with Crippen LogP contribution in [0.15, 0.2) is 24.3 Å². The van der Waals surface area contributed by atoms with Crippen LogP contribution in [0.25, 0.3) is 0 Å². The van der Waals surface area contributed by atoms with Gasteiger partial charge in [-0.1, -0.05) is 23.7 Å². The highest BCUT2D eigenvalue weighted by atomic mass is 35.5. The van der Waals surface area contributed by atoms with Crippen molar-refractivity contribution in [2.75, 3.05) is 13.7 Å². The standard InChI is InChI=1S/C13H19ClN2O2/c1-9(10-4-3-5-11(14)6-10)16-13(17)7-12(8-15)18-2/h3-6,9,12H,7-8,15H2,1-2H3,(H,16,17). The molecule has 0 aromatic heterocycles. The second-order valence-electron chi connectivity index (χ2n) is 4.14. The van der Waals surface area contributed by atoms with Crippen LogP contribution in [-0.4, -0.2) is 25.7 Å². The third-order valence-electron chi connectivity index (χ3n) is 2.74. The van der Waals surface area contributed by atoms with Crippen LogP contribution in [0.3, 0.4) is 0 Å². The Hall–Kier alpha value is -1.10. The Morgan fingerprint density at radius 2 is 2.28 bits per heavy atom. The summed E-state index contributed by atoms with van der Waals surface area (Å²) >= 11 is 5.91. The van der Waals surface area contributed by atoms with Crippen molar-refractivity contribution in [3.05, 3.63) is 34.9 Å². The second-order valence-corrected chi connectivity index (χ2v) is 4.58. The van der Waals surface area contributed by atoms with E-state index < -0.39 is 0 Å². The summed E-state index contributed by atoms with van der Waals surface area (Å²) in [5, 5.41) is 3.55. The highest BCUT2D eigenvalue weighted by Gasteiger charge is 2.14. The second kappa shape index (κ2) is 7.36. The molecular formula is C13H19ClN2O2. The Morgan fingerprint density at radius 1 is 1.56 bits per heavy atom. The molecule has 18 heavy (non-hydrogen) atoms. The van der Waals surface area contributed by atoms with Gasteiger partial charge in [-0.3, -0.25) is 4.79 Å². The van der Waals surface area contributed by atoms with E-state index >= 15 is 0 Å². The minimum atomic E-state index is -0.239. The Balaban J connectivity index is 2.54. The van der Waals surface area contributed by atoms with E-state index in [0.29, 0.717) is 11.6 Å². The molecule has 1 aromatic rings. The van der Waals surface area contributed by atoms with Gasteiger partial charge in [0, 0.05) is 18.7 Å². The summed E-state index contributed by atoms with van der Waals surface area (Å²) in [7, 11) is 1.55. The molecule has 0 aliphatic heterocycles. The van der Waals surface area contributed by atoms with Gasteiger partial charge in [0.2, 0.25) is 5.91 Å². The zero-order valence-electron chi connectivity index (χ0n) is 10.7. The molecule has 1 aromatic carbocycles. The van der Waals surface area contributed by atoms with Crippen LogP contribution < -0.4 is 11.1 Å². The SMILES string of the molecule is COC(CN)CC(=O)NC(C)c1cccc(Cl)c1. The molecule has 0 saturated carbocycles. The fourth-order valence-electron chi connectivity index (χ4n) is 1.63. The first-order chi connectivity index (χ1) is 8.56. The summed E-state index contributed by atoms with van der Waals surface area (Å²) < 4.78 is 5.07. The first kappa shape index (κ1) is 15.0. The highest BCUT2D eigenvalue weighted by Crippen LogP contribution is 2.17. The molecular weight excluding hydrogens is 252 g/mol. The zero-order chi connectivity index (χ0) is 13.5. The molecule has 0 bridgehead atoms. The number of nitrogens with two attached hydrogens (primary N) is 1. The van der Waals surface area contributed by atoms with Crippen LogP contribution >= 0.6 is 11.6 Å². The van der Waals surface area contributed by atoms with Crippen molar-refractivity contribution in [1.29, 1.82) is 0 Å². The van der Waals surface area contributed by atoms with Gasteiger partial charge in [0.1, 0.15) is 0 Å². The third kappa shape index (κ3) is 4.64. The highest BCUT2D eigenvalue weighted by molar-refractivity contribution is 6.30. The van der Waals surface area contributed by atoms with Crippen LogP contribution in [0.4, 0.5) is 0 Å². The Labute approximate surface area is 112 Å². The summed E-state index contributed by atoms with van der Waals surface area (Å²) in [6.07, 6.45) is 0.0225. The first-order valence-corrected chi connectivity index (χ1v) is 6.22. The Bertz CT molecular complexity index is 394. The van der Waals surface area contributed by atoms with Crippen molar-refractivity contribution in [2.45, 2.75) is 25.5 Å². The van der Waals surface area contributed by atoms with Crippen LogP contribution in [0.5, 0.6) is 0 Å². The third-order valence-corrected chi connectivity index (χ3v) is 2.97. The van der Waals surface area contributed by atoms with Crippen molar-refractivity contribution in [2.24, 2.45) is 5.73 Å². The molecule has 1 rings (SSSR count). The molecule has 0 saturated heterocycles. The fraction of sp³-hybridized carbons (Fsp3) is 0.462. The van der Waals surface area contributed by atoms with Gasteiger partial charge >= 0.3 is 0 Å². The number of nitrogens with one attached hydrogen (secondary N) is 1. The van der Waals surface area contributed by atoms with Crippen molar-refractivity contribution in [1.82, 2.24) is 5.32 Å². The predicted octanol–water partition coefficient (Wildman–Crippen LogP) is 1.88. The number of halogens is 1. The Morgan fingerprint density at radius 3 is 2.83 bits per heavy atom. The quantitative estimate of drug-likeness (QED) is 0.830. The van der Waals surface area contributed by atoms with Crippen molar-refractivity contribution in [3.8, 4) is 0 Å². The number of hydrogen-bond donors (Lipinski definition) is 2. The van der Waals surface area contributed by atoms with E-state index in [4.69, 9.17) is 22.1 Å². The van der Waals surface area contributed by atoms with Crippen LogP contribution in [-0.2, 0) is 9.53 Å². The van der Waals surface area contributed by atoms with E-state index in [1.165, 1.54) is 0 Å². The molecule has 0 spiro atoms. The van der Waals surface area contributed by atoms with E-state index in [1.54, 1.807) is 13.2 Å². The first-order valence-electron chi connectivity index (χ1n) is 5.84. The molecule has 5 heteroatoms.